The molecule has 0 saturated heterocycles. The minimum Gasteiger partial charge on any atom is -0.507 e. The number of fused-ring (bicyclic) bond motifs is 1. The number of Topliss-reactive ketones (excluding diaryl/α,β-unsaturated/α-hetero) is 1. The zero-order valence-corrected chi connectivity index (χ0v) is 15.9. The fraction of sp³-hybridized carbons (Fsp3) is 0.429. The smallest absolute Gasteiger partial charge is 0.342 e. The molecule has 146 valence electrons. The van der Waals surface area contributed by atoms with E-state index in [1.54, 1.807) is 24.3 Å². The van der Waals surface area contributed by atoms with E-state index in [0.29, 0.717) is 37.2 Å². The van der Waals surface area contributed by atoms with Crippen LogP contribution in [-0.2, 0) is 9.53 Å². The van der Waals surface area contributed by atoms with Gasteiger partial charge in [0.2, 0.25) is 0 Å². The van der Waals surface area contributed by atoms with Gasteiger partial charge in [-0.25, -0.2) is 4.79 Å². The summed E-state index contributed by atoms with van der Waals surface area (Å²) in [6.07, 6.45) is 9.32. The average molecular weight is 373 g/mol. The van der Waals surface area contributed by atoms with E-state index in [-0.39, 0.29) is 23.7 Å². The van der Waals surface area contributed by atoms with Crippen molar-refractivity contribution < 1.29 is 24.2 Å². The first-order valence-electron chi connectivity index (χ1n) is 9.12. The Morgan fingerprint density at radius 3 is 2.78 bits per heavy atom. The number of aromatic hydroxyl groups is 1. The lowest BCUT2D eigenvalue weighted by atomic mass is 10.0. The molecule has 6 heteroatoms. The summed E-state index contributed by atoms with van der Waals surface area (Å²) in [5.74, 6) is -0.132. The molecule has 0 radical (unpaired) electrons. The lowest BCUT2D eigenvalue weighted by Crippen LogP contribution is -2.19. The molecule has 0 fully saturated rings. The molecule has 1 aliphatic heterocycles. The predicted molar refractivity (Wildman–Crippen MR) is 104 cm³/mol. The van der Waals surface area contributed by atoms with Crippen LogP contribution in [-0.4, -0.2) is 55.6 Å². The number of rotatable bonds is 4. The number of carbonyl (C=O) groups excluding carboxylic acids is 2. The second kappa shape index (κ2) is 10.5. The lowest BCUT2D eigenvalue weighted by molar-refractivity contribution is -0.118. The van der Waals surface area contributed by atoms with Crippen molar-refractivity contribution in [3.8, 4) is 11.5 Å². The van der Waals surface area contributed by atoms with Crippen molar-refractivity contribution in [2.75, 3.05) is 33.9 Å². The molecule has 0 spiro atoms. The molecule has 0 amide bonds. The zero-order valence-electron chi connectivity index (χ0n) is 15.9. The van der Waals surface area contributed by atoms with Crippen LogP contribution < -0.4 is 4.74 Å². The molecule has 1 aromatic rings. The van der Waals surface area contributed by atoms with Crippen LogP contribution in [0.25, 0.3) is 6.08 Å². The van der Waals surface area contributed by atoms with Gasteiger partial charge in [0.25, 0.3) is 0 Å². The van der Waals surface area contributed by atoms with Crippen LogP contribution in [0.15, 0.2) is 30.4 Å². The van der Waals surface area contributed by atoms with E-state index in [0.717, 1.165) is 13.0 Å². The maximum atomic E-state index is 12.4. The highest BCUT2D eigenvalue weighted by Crippen LogP contribution is 2.30. The number of allylic oxidation sites excluding steroid dienone is 2. The van der Waals surface area contributed by atoms with Crippen molar-refractivity contribution >= 4 is 17.8 Å². The number of phenols is 1. The van der Waals surface area contributed by atoms with Crippen molar-refractivity contribution in [2.24, 2.45) is 0 Å². The van der Waals surface area contributed by atoms with Crippen LogP contribution >= 0.6 is 0 Å². The van der Waals surface area contributed by atoms with Crippen LogP contribution in [0, 0.1) is 0 Å². The summed E-state index contributed by atoms with van der Waals surface area (Å²) in [6, 6.07) is 3.15. The molecular formula is C21H27NO5. The fourth-order valence-corrected chi connectivity index (χ4v) is 2.61. The van der Waals surface area contributed by atoms with Crippen LogP contribution in [0.2, 0.25) is 0 Å². The van der Waals surface area contributed by atoms with Gasteiger partial charge in [-0.3, -0.25) is 4.79 Å². The summed E-state index contributed by atoms with van der Waals surface area (Å²) in [5, 5.41) is 10.4. The Morgan fingerprint density at radius 1 is 1.19 bits per heavy atom. The van der Waals surface area contributed by atoms with Crippen molar-refractivity contribution in [3.05, 3.63) is 41.5 Å². The Labute approximate surface area is 160 Å². The first kappa shape index (κ1) is 20.7. The van der Waals surface area contributed by atoms with Gasteiger partial charge in [-0.15, -0.1) is 0 Å². The van der Waals surface area contributed by atoms with Crippen molar-refractivity contribution in [1.82, 2.24) is 4.90 Å². The van der Waals surface area contributed by atoms with Gasteiger partial charge in [0.15, 0.2) is 0 Å². The monoisotopic (exact) mass is 373 g/mol. The van der Waals surface area contributed by atoms with Gasteiger partial charge in [-0.05, 0) is 38.6 Å². The molecule has 0 aliphatic carbocycles. The maximum absolute atomic E-state index is 12.4. The number of phenolic OH excluding ortho intramolecular Hbond substituents is 1. The highest BCUT2D eigenvalue weighted by Gasteiger charge is 2.18. The summed E-state index contributed by atoms with van der Waals surface area (Å²) < 4.78 is 10.9. The average Bonchev–Trinajstić information content (AvgIpc) is 2.59. The van der Waals surface area contributed by atoms with Gasteiger partial charge >= 0.3 is 5.97 Å². The third kappa shape index (κ3) is 6.90. The van der Waals surface area contributed by atoms with E-state index >= 15 is 0 Å². The van der Waals surface area contributed by atoms with E-state index in [1.807, 2.05) is 25.1 Å². The fourth-order valence-electron chi connectivity index (χ4n) is 2.61. The van der Waals surface area contributed by atoms with Crippen molar-refractivity contribution in [3.63, 3.8) is 0 Å². The summed E-state index contributed by atoms with van der Waals surface area (Å²) in [5.41, 5.74) is 0.653. The Balaban J connectivity index is 2.25. The Kier molecular flexibility index (Phi) is 8.07. The molecule has 6 nitrogen and oxygen atoms in total. The first-order valence-corrected chi connectivity index (χ1v) is 9.12. The van der Waals surface area contributed by atoms with Crippen LogP contribution in [0.4, 0.5) is 0 Å². The summed E-state index contributed by atoms with van der Waals surface area (Å²) in [4.78, 5) is 26.1. The van der Waals surface area contributed by atoms with Crippen molar-refractivity contribution in [2.45, 2.75) is 25.7 Å². The Hall–Kier alpha value is -2.60. The Bertz CT molecular complexity index is 722. The highest BCUT2D eigenvalue weighted by molar-refractivity contribution is 5.97. The second-order valence-electron chi connectivity index (χ2n) is 6.67. The van der Waals surface area contributed by atoms with Crippen LogP contribution in [0.1, 0.15) is 41.6 Å². The number of carbonyl (C=O) groups is 2. The number of cyclic esters (lactones) is 1. The van der Waals surface area contributed by atoms with E-state index in [1.165, 1.54) is 6.07 Å². The minimum absolute atomic E-state index is 0.0514. The third-order valence-electron chi connectivity index (χ3n) is 4.08. The largest absolute Gasteiger partial charge is 0.507 e. The first-order chi connectivity index (χ1) is 13.0. The van der Waals surface area contributed by atoms with E-state index in [9.17, 15) is 14.7 Å². The van der Waals surface area contributed by atoms with Gasteiger partial charge in [0, 0.05) is 25.5 Å². The topological polar surface area (TPSA) is 76.1 Å². The molecule has 27 heavy (non-hydrogen) atoms. The lowest BCUT2D eigenvalue weighted by Gasteiger charge is -2.14. The number of esters is 1. The molecule has 2 rings (SSSR count). The highest BCUT2D eigenvalue weighted by atomic mass is 16.5. The molecule has 0 unspecified atom stereocenters. The normalized spacial score (nSPS) is 16.0. The van der Waals surface area contributed by atoms with Gasteiger partial charge in [0.1, 0.15) is 36.1 Å². The number of ketones is 1. The quantitative estimate of drug-likeness (QED) is 0.645. The number of likely N-dealkylation sites (N-methyl/N-ethyl adjacent to an activating group) is 1. The van der Waals surface area contributed by atoms with Gasteiger partial charge in [-0.2, -0.15) is 0 Å². The molecule has 0 aromatic heterocycles. The molecule has 1 heterocycles. The van der Waals surface area contributed by atoms with Crippen LogP contribution in [0.3, 0.4) is 0 Å². The molecule has 1 aromatic carbocycles. The number of nitrogens with zero attached hydrogens (tertiary/aromatic N) is 1. The number of ether oxygens (including phenoxy) is 2. The second-order valence-corrected chi connectivity index (χ2v) is 6.67. The summed E-state index contributed by atoms with van der Waals surface area (Å²) in [6.45, 7) is 1.25. The van der Waals surface area contributed by atoms with Gasteiger partial charge < -0.3 is 19.5 Å². The molecule has 0 atom stereocenters. The van der Waals surface area contributed by atoms with Gasteiger partial charge in [0.05, 0.1) is 0 Å². The zero-order chi connectivity index (χ0) is 19.6. The van der Waals surface area contributed by atoms with E-state index < -0.39 is 5.97 Å². The Morgan fingerprint density at radius 2 is 2.00 bits per heavy atom. The molecular weight excluding hydrogens is 346 g/mol. The van der Waals surface area contributed by atoms with E-state index in [2.05, 4.69) is 0 Å². The summed E-state index contributed by atoms with van der Waals surface area (Å²) in [7, 11) is 3.89. The molecule has 1 aliphatic rings. The number of hydrogen-bond acceptors (Lipinski definition) is 6. The number of hydrogen-bond donors (Lipinski definition) is 1. The minimum atomic E-state index is -0.611. The molecule has 1 N–H and O–H groups in total. The third-order valence-corrected chi connectivity index (χ3v) is 4.08. The van der Waals surface area contributed by atoms with Crippen molar-refractivity contribution in [1.29, 1.82) is 0 Å². The van der Waals surface area contributed by atoms with Crippen LogP contribution in [0.5, 0.6) is 11.5 Å². The SMILES string of the molecule is CN(C)CCOc1cc(O)c2c(c1)C=CCCCC(=O)CC=CCOC2=O. The molecule has 0 saturated carbocycles. The summed E-state index contributed by atoms with van der Waals surface area (Å²) >= 11 is 0. The number of benzene rings is 1. The molecule has 0 bridgehead atoms. The predicted octanol–water partition coefficient (Wildman–Crippen LogP) is 3.20. The maximum Gasteiger partial charge on any atom is 0.342 e. The van der Waals surface area contributed by atoms with E-state index in [4.69, 9.17) is 9.47 Å². The van der Waals surface area contributed by atoms with Gasteiger partial charge in [-0.1, -0.05) is 24.3 Å². The standard InChI is InChI=1S/C21H27NO5/c1-22(2)11-13-26-18-14-16-8-4-3-5-9-17(23)10-6-7-12-27-21(25)20(16)19(24)15-18/h4,6-8,14-15,24H,3,5,9-13H2,1-2H3.